The van der Waals surface area contributed by atoms with Crippen LogP contribution in [0.3, 0.4) is 0 Å². The molecule has 0 bridgehead atoms. The van der Waals surface area contributed by atoms with Crippen molar-refractivity contribution in [2.24, 2.45) is 11.8 Å². The Morgan fingerprint density at radius 1 is 0.860 bits per heavy atom. The summed E-state index contributed by atoms with van der Waals surface area (Å²) in [6, 6.07) is 8.48. The highest BCUT2D eigenvalue weighted by atomic mass is 16.6. The SMILES string of the molecule is Cc1cccc(C(C(=O)Nc2c(C)cccc2C)N(C(=O)C(CC(C)C)NC(=O)OC(C)(C)C)C(C)CCC(C)C)c1O. The number of amides is 3. The Morgan fingerprint density at radius 2 is 1.42 bits per heavy atom. The summed E-state index contributed by atoms with van der Waals surface area (Å²) in [7, 11) is 0. The number of benzene rings is 2. The number of rotatable bonds is 12. The maximum absolute atomic E-state index is 14.7. The highest BCUT2D eigenvalue weighted by molar-refractivity contribution is 6.00. The number of hydrogen-bond acceptors (Lipinski definition) is 5. The molecule has 8 nitrogen and oxygen atoms in total. The smallest absolute Gasteiger partial charge is 0.408 e. The van der Waals surface area contributed by atoms with Crippen LogP contribution >= 0.6 is 0 Å². The number of carbonyl (C=O) groups excluding carboxylic acids is 3. The third-order valence-corrected chi connectivity index (χ3v) is 7.41. The van der Waals surface area contributed by atoms with Crippen molar-refractivity contribution in [2.45, 2.75) is 119 Å². The fourth-order valence-electron chi connectivity index (χ4n) is 5.16. The van der Waals surface area contributed by atoms with Crippen LogP contribution in [0, 0.1) is 32.6 Å². The third-order valence-electron chi connectivity index (χ3n) is 7.41. The Labute approximate surface area is 258 Å². The van der Waals surface area contributed by atoms with Crippen molar-refractivity contribution in [3.05, 3.63) is 58.7 Å². The quantitative estimate of drug-likeness (QED) is 0.234. The van der Waals surface area contributed by atoms with E-state index < -0.39 is 41.6 Å². The lowest BCUT2D eigenvalue weighted by Crippen LogP contribution is -2.55. The molecule has 0 saturated carbocycles. The van der Waals surface area contributed by atoms with Crippen LogP contribution in [0.15, 0.2) is 36.4 Å². The van der Waals surface area contributed by atoms with E-state index in [1.54, 1.807) is 50.8 Å². The standard InChI is InChI=1S/C35H53N3O5/c1-21(2)18-19-26(8)38(33(41)28(20-22(3)4)36-34(42)43-35(9,10)11)30(27-17-13-16-25(7)31(27)39)32(40)37-29-23(5)14-12-15-24(29)6/h12-17,21-22,26,28,30,39H,18-20H2,1-11H3,(H,36,42)(H,37,40). The number of anilines is 1. The highest BCUT2D eigenvalue weighted by Crippen LogP contribution is 2.36. The van der Waals surface area contributed by atoms with Gasteiger partial charge in [0.2, 0.25) is 5.91 Å². The summed E-state index contributed by atoms with van der Waals surface area (Å²) in [4.78, 5) is 43.5. The highest BCUT2D eigenvalue weighted by Gasteiger charge is 2.40. The van der Waals surface area contributed by atoms with Gasteiger partial charge < -0.3 is 25.4 Å². The summed E-state index contributed by atoms with van der Waals surface area (Å²) in [5.41, 5.74) is 2.61. The molecule has 2 rings (SSSR count). The van der Waals surface area contributed by atoms with E-state index >= 15 is 0 Å². The number of nitrogens with zero attached hydrogens (tertiary/aromatic N) is 1. The number of phenols is 1. The van der Waals surface area contributed by atoms with Crippen LogP contribution in [0.5, 0.6) is 5.75 Å². The van der Waals surface area contributed by atoms with Crippen molar-refractivity contribution in [1.82, 2.24) is 10.2 Å². The molecule has 0 radical (unpaired) electrons. The molecule has 3 amide bonds. The Hall–Kier alpha value is -3.55. The Balaban J connectivity index is 2.74. The molecule has 0 saturated heterocycles. The van der Waals surface area contributed by atoms with Crippen LogP contribution in [-0.4, -0.2) is 45.6 Å². The first-order chi connectivity index (χ1) is 19.9. The second-order valence-corrected chi connectivity index (χ2v) is 13.6. The van der Waals surface area contributed by atoms with Crippen molar-refractivity contribution < 1.29 is 24.2 Å². The molecule has 3 N–H and O–H groups in total. The normalized spacial score (nSPS) is 13.8. The van der Waals surface area contributed by atoms with E-state index in [1.165, 1.54) is 0 Å². The topological polar surface area (TPSA) is 108 Å². The van der Waals surface area contributed by atoms with Gasteiger partial charge in [0.25, 0.3) is 5.91 Å². The molecule has 0 aliphatic rings. The Morgan fingerprint density at radius 3 is 1.95 bits per heavy atom. The van der Waals surface area contributed by atoms with Gasteiger partial charge in [0.1, 0.15) is 23.4 Å². The van der Waals surface area contributed by atoms with Gasteiger partial charge in [-0.1, -0.05) is 64.1 Å². The number of alkyl carbamates (subject to hydrolysis) is 1. The van der Waals surface area contributed by atoms with Crippen molar-refractivity contribution >= 4 is 23.6 Å². The summed E-state index contributed by atoms with van der Waals surface area (Å²) < 4.78 is 5.51. The summed E-state index contributed by atoms with van der Waals surface area (Å²) in [6.07, 6.45) is 1.10. The average Bonchev–Trinajstić information content (AvgIpc) is 2.87. The predicted molar refractivity (Wildman–Crippen MR) is 173 cm³/mol. The first kappa shape index (κ1) is 35.6. The van der Waals surface area contributed by atoms with E-state index in [-0.39, 0.29) is 11.7 Å². The first-order valence-electron chi connectivity index (χ1n) is 15.4. The maximum atomic E-state index is 14.7. The van der Waals surface area contributed by atoms with E-state index in [0.717, 1.165) is 17.5 Å². The largest absolute Gasteiger partial charge is 0.507 e. The van der Waals surface area contributed by atoms with Crippen LogP contribution in [0.2, 0.25) is 0 Å². The molecule has 0 aromatic heterocycles. The summed E-state index contributed by atoms with van der Waals surface area (Å²) in [6.45, 7) is 21.0. The molecule has 2 aromatic rings. The molecule has 0 heterocycles. The van der Waals surface area contributed by atoms with Crippen LogP contribution in [0.4, 0.5) is 10.5 Å². The molecular weight excluding hydrogens is 542 g/mol. The molecule has 3 atom stereocenters. The molecule has 8 heteroatoms. The van der Waals surface area contributed by atoms with E-state index in [9.17, 15) is 19.5 Å². The minimum absolute atomic E-state index is 0.0430. The average molecular weight is 596 g/mol. The van der Waals surface area contributed by atoms with Crippen LogP contribution in [0.1, 0.15) is 103 Å². The van der Waals surface area contributed by atoms with Gasteiger partial charge in [-0.2, -0.15) is 0 Å². The molecule has 0 aliphatic carbocycles. The lowest BCUT2D eigenvalue weighted by molar-refractivity contribution is -0.144. The number of carbonyl (C=O) groups is 3. The fraction of sp³-hybridized carbons (Fsp3) is 0.571. The Kier molecular flexibility index (Phi) is 12.6. The van der Waals surface area contributed by atoms with Gasteiger partial charge in [-0.05, 0) is 96.3 Å². The molecule has 3 unspecified atom stereocenters. The zero-order chi connectivity index (χ0) is 32.6. The molecule has 43 heavy (non-hydrogen) atoms. The summed E-state index contributed by atoms with van der Waals surface area (Å²) in [5, 5.41) is 17.1. The molecule has 0 aliphatic heterocycles. The van der Waals surface area contributed by atoms with E-state index in [4.69, 9.17) is 4.74 Å². The van der Waals surface area contributed by atoms with Gasteiger partial charge in [-0.15, -0.1) is 0 Å². The minimum Gasteiger partial charge on any atom is -0.507 e. The van der Waals surface area contributed by atoms with E-state index in [2.05, 4.69) is 24.5 Å². The van der Waals surface area contributed by atoms with Gasteiger partial charge in [0.15, 0.2) is 0 Å². The zero-order valence-corrected chi connectivity index (χ0v) is 28.0. The number of para-hydroxylation sites is 2. The van der Waals surface area contributed by atoms with Gasteiger partial charge in [0.05, 0.1) is 0 Å². The molecular formula is C35H53N3O5. The van der Waals surface area contributed by atoms with Crippen molar-refractivity contribution in [3.8, 4) is 5.75 Å². The molecule has 0 spiro atoms. The number of phenolic OH excluding ortho intramolecular Hbond substituents is 1. The zero-order valence-electron chi connectivity index (χ0n) is 28.0. The first-order valence-corrected chi connectivity index (χ1v) is 15.4. The van der Waals surface area contributed by atoms with Gasteiger partial charge in [0, 0.05) is 17.3 Å². The minimum atomic E-state index is -1.16. The Bertz CT molecular complexity index is 1240. The number of hydrogen-bond donors (Lipinski definition) is 3. The van der Waals surface area contributed by atoms with Gasteiger partial charge >= 0.3 is 6.09 Å². The second-order valence-electron chi connectivity index (χ2n) is 13.6. The number of ether oxygens (including phenoxy) is 1. The number of aryl methyl sites for hydroxylation is 3. The van der Waals surface area contributed by atoms with Crippen LogP contribution in [0.25, 0.3) is 0 Å². The molecule has 238 valence electrons. The van der Waals surface area contributed by atoms with Gasteiger partial charge in [-0.25, -0.2) is 4.79 Å². The number of nitrogens with one attached hydrogen (secondary N) is 2. The van der Waals surface area contributed by atoms with Crippen molar-refractivity contribution in [1.29, 1.82) is 0 Å². The van der Waals surface area contributed by atoms with Crippen LogP contribution in [-0.2, 0) is 14.3 Å². The van der Waals surface area contributed by atoms with E-state index in [0.29, 0.717) is 35.6 Å². The summed E-state index contributed by atoms with van der Waals surface area (Å²) >= 11 is 0. The lowest BCUT2D eigenvalue weighted by atomic mass is 9.94. The lowest BCUT2D eigenvalue weighted by Gasteiger charge is -2.39. The predicted octanol–water partition coefficient (Wildman–Crippen LogP) is 7.59. The van der Waals surface area contributed by atoms with Gasteiger partial charge in [-0.3, -0.25) is 9.59 Å². The summed E-state index contributed by atoms with van der Waals surface area (Å²) in [5.74, 6) is -0.452. The second kappa shape index (κ2) is 15.3. The van der Waals surface area contributed by atoms with Crippen LogP contribution < -0.4 is 10.6 Å². The number of aromatic hydroxyl groups is 1. The van der Waals surface area contributed by atoms with Crippen molar-refractivity contribution in [2.75, 3.05) is 5.32 Å². The maximum Gasteiger partial charge on any atom is 0.408 e. The van der Waals surface area contributed by atoms with E-state index in [1.807, 2.05) is 52.8 Å². The molecule has 2 aromatic carbocycles. The fourth-order valence-corrected chi connectivity index (χ4v) is 5.16. The monoisotopic (exact) mass is 595 g/mol. The van der Waals surface area contributed by atoms with Crippen molar-refractivity contribution in [3.63, 3.8) is 0 Å². The molecule has 0 fully saturated rings. The third kappa shape index (κ3) is 10.3.